The van der Waals surface area contributed by atoms with Gasteiger partial charge in [0.2, 0.25) is 0 Å². The summed E-state index contributed by atoms with van der Waals surface area (Å²) in [5.41, 5.74) is 1.61. The SMILES string of the molecule is COc1cccc(OC)c1C(=O)Nc1cccc(SCc2ccccc2F)c1. The second-order valence-corrected chi connectivity index (χ2v) is 6.95. The summed E-state index contributed by atoms with van der Waals surface area (Å²) in [5, 5.41) is 2.87. The van der Waals surface area contributed by atoms with Gasteiger partial charge in [0.05, 0.1) is 14.2 Å². The number of carbonyl (C=O) groups is 1. The van der Waals surface area contributed by atoms with Gasteiger partial charge >= 0.3 is 0 Å². The lowest BCUT2D eigenvalue weighted by Crippen LogP contribution is -2.14. The molecule has 0 aliphatic carbocycles. The lowest BCUT2D eigenvalue weighted by molar-refractivity contribution is 0.102. The Morgan fingerprint density at radius 1 is 0.964 bits per heavy atom. The Balaban J connectivity index is 1.75. The van der Waals surface area contributed by atoms with Crippen LogP contribution < -0.4 is 14.8 Å². The molecule has 3 aromatic carbocycles. The summed E-state index contributed by atoms with van der Waals surface area (Å²) < 4.78 is 24.4. The third kappa shape index (κ3) is 4.64. The van der Waals surface area contributed by atoms with E-state index in [4.69, 9.17) is 9.47 Å². The van der Waals surface area contributed by atoms with Crippen LogP contribution in [0.15, 0.2) is 71.6 Å². The molecule has 0 aliphatic heterocycles. The molecular formula is C22H20FNO3S. The number of rotatable bonds is 7. The van der Waals surface area contributed by atoms with Gasteiger partial charge in [-0.3, -0.25) is 4.79 Å². The third-order valence-corrected chi connectivity index (χ3v) is 5.14. The van der Waals surface area contributed by atoms with Crippen molar-refractivity contribution in [3.63, 3.8) is 0 Å². The van der Waals surface area contributed by atoms with Gasteiger partial charge in [0.15, 0.2) is 0 Å². The van der Waals surface area contributed by atoms with Crippen LogP contribution in [-0.4, -0.2) is 20.1 Å². The van der Waals surface area contributed by atoms with E-state index in [1.165, 1.54) is 32.0 Å². The molecule has 0 saturated carbocycles. The molecule has 144 valence electrons. The number of anilines is 1. The van der Waals surface area contributed by atoms with Crippen LogP contribution in [0.25, 0.3) is 0 Å². The van der Waals surface area contributed by atoms with E-state index in [0.717, 1.165) is 4.90 Å². The standard InChI is InChI=1S/C22H20FNO3S/c1-26-19-11-6-12-20(27-2)21(19)22(25)24-16-8-5-9-17(13-16)28-14-15-7-3-4-10-18(15)23/h3-13H,14H2,1-2H3,(H,24,25). The number of thioether (sulfide) groups is 1. The number of ether oxygens (including phenoxy) is 2. The lowest BCUT2D eigenvalue weighted by Gasteiger charge is -2.13. The van der Waals surface area contributed by atoms with Crippen LogP contribution in [0.2, 0.25) is 0 Å². The largest absolute Gasteiger partial charge is 0.496 e. The first-order valence-corrected chi connectivity index (χ1v) is 9.59. The maximum absolute atomic E-state index is 13.8. The van der Waals surface area contributed by atoms with Gasteiger partial charge in [-0.25, -0.2) is 4.39 Å². The van der Waals surface area contributed by atoms with Crippen LogP contribution in [0.1, 0.15) is 15.9 Å². The van der Waals surface area contributed by atoms with Gasteiger partial charge in [-0.2, -0.15) is 0 Å². The quantitative estimate of drug-likeness (QED) is 0.543. The molecule has 0 aromatic heterocycles. The van der Waals surface area contributed by atoms with E-state index in [1.54, 1.807) is 36.4 Å². The zero-order chi connectivity index (χ0) is 19.9. The summed E-state index contributed by atoms with van der Waals surface area (Å²) in [5.74, 6) is 0.821. The lowest BCUT2D eigenvalue weighted by atomic mass is 10.1. The van der Waals surface area contributed by atoms with E-state index >= 15 is 0 Å². The van der Waals surface area contributed by atoms with Crippen LogP contribution in [0, 0.1) is 5.82 Å². The Bertz CT molecular complexity index is 955. The molecule has 0 spiro atoms. The highest BCUT2D eigenvalue weighted by Crippen LogP contribution is 2.30. The molecule has 6 heteroatoms. The van der Waals surface area contributed by atoms with Crippen molar-refractivity contribution >= 4 is 23.4 Å². The van der Waals surface area contributed by atoms with E-state index in [0.29, 0.717) is 34.1 Å². The highest BCUT2D eigenvalue weighted by Gasteiger charge is 2.18. The Morgan fingerprint density at radius 3 is 2.32 bits per heavy atom. The fraction of sp³-hybridized carbons (Fsp3) is 0.136. The molecular weight excluding hydrogens is 377 g/mol. The first-order valence-electron chi connectivity index (χ1n) is 8.61. The zero-order valence-corrected chi connectivity index (χ0v) is 16.4. The van der Waals surface area contributed by atoms with Crippen LogP contribution in [0.3, 0.4) is 0 Å². The molecule has 0 bridgehead atoms. The Kier molecular flexibility index (Phi) is 6.55. The molecule has 0 fully saturated rings. The van der Waals surface area contributed by atoms with Crippen molar-refractivity contribution in [3.05, 3.63) is 83.7 Å². The number of carbonyl (C=O) groups excluding carboxylic acids is 1. The van der Waals surface area contributed by atoms with Gasteiger partial charge in [0.1, 0.15) is 22.9 Å². The van der Waals surface area contributed by atoms with Crippen molar-refractivity contribution in [2.24, 2.45) is 0 Å². The maximum atomic E-state index is 13.8. The van der Waals surface area contributed by atoms with Crippen molar-refractivity contribution in [1.82, 2.24) is 0 Å². The molecule has 1 amide bonds. The highest BCUT2D eigenvalue weighted by atomic mass is 32.2. The zero-order valence-electron chi connectivity index (χ0n) is 15.6. The maximum Gasteiger partial charge on any atom is 0.263 e. The Hall–Kier alpha value is -2.99. The number of methoxy groups -OCH3 is 2. The van der Waals surface area contributed by atoms with Gasteiger partial charge in [0.25, 0.3) is 5.91 Å². The van der Waals surface area contributed by atoms with E-state index in [1.807, 2.05) is 24.3 Å². The van der Waals surface area contributed by atoms with Gasteiger partial charge < -0.3 is 14.8 Å². The molecule has 28 heavy (non-hydrogen) atoms. The van der Waals surface area contributed by atoms with Crippen LogP contribution >= 0.6 is 11.8 Å². The van der Waals surface area contributed by atoms with Crippen LogP contribution in [0.5, 0.6) is 11.5 Å². The summed E-state index contributed by atoms with van der Waals surface area (Å²) in [4.78, 5) is 13.7. The third-order valence-electron chi connectivity index (χ3n) is 4.10. The van der Waals surface area contributed by atoms with Gasteiger partial charge in [0, 0.05) is 16.3 Å². The summed E-state index contributed by atoms with van der Waals surface area (Å²) in [7, 11) is 3.01. The molecule has 0 atom stereocenters. The van der Waals surface area contributed by atoms with Crippen molar-refractivity contribution in [2.75, 3.05) is 19.5 Å². The molecule has 0 radical (unpaired) electrons. The van der Waals surface area contributed by atoms with Gasteiger partial charge in [-0.15, -0.1) is 11.8 Å². The molecule has 0 heterocycles. The molecule has 0 aliphatic rings. The minimum atomic E-state index is -0.328. The predicted molar refractivity (Wildman–Crippen MR) is 110 cm³/mol. The average Bonchev–Trinajstić information content (AvgIpc) is 2.72. The molecule has 3 aromatic rings. The predicted octanol–water partition coefficient (Wildman–Crippen LogP) is 5.39. The minimum absolute atomic E-state index is 0.220. The smallest absolute Gasteiger partial charge is 0.263 e. The molecule has 4 nitrogen and oxygen atoms in total. The van der Waals surface area contributed by atoms with E-state index in [9.17, 15) is 9.18 Å². The van der Waals surface area contributed by atoms with Crippen molar-refractivity contribution in [3.8, 4) is 11.5 Å². The number of benzene rings is 3. The van der Waals surface area contributed by atoms with Gasteiger partial charge in [-0.05, 0) is 42.0 Å². The fourth-order valence-electron chi connectivity index (χ4n) is 2.71. The van der Waals surface area contributed by atoms with E-state index < -0.39 is 0 Å². The van der Waals surface area contributed by atoms with Crippen molar-refractivity contribution in [1.29, 1.82) is 0 Å². The van der Waals surface area contributed by atoms with Gasteiger partial charge in [-0.1, -0.05) is 30.3 Å². The van der Waals surface area contributed by atoms with Crippen LogP contribution in [-0.2, 0) is 5.75 Å². The average molecular weight is 397 g/mol. The first-order chi connectivity index (χ1) is 13.6. The monoisotopic (exact) mass is 397 g/mol. The number of amides is 1. The van der Waals surface area contributed by atoms with Crippen molar-refractivity contribution in [2.45, 2.75) is 10.6 Å². The van der Waals surface area contributed by atoms with E-state index in [-0.39, 0.29) is 11.7 Å². The van der Waals surface area contributed by atoms with Crippen molar-refractivity contribution < 1.29 is 18.7 Å². The van der Waals surface area contributed by atoms with E-state index in [2.05, 4.69) is 5.32 Å². The molecule has 0 saturated heterocycles. The summed E-state index contributed by atoms with van der Waals surface area (Å²) in [6, 6.07) is 19.3. The molecule has 3 rings (SSSR count). The highest BCUT2D eigenvalue weighted by molar-refractivity contribution is 7.98. The number of hydrogen-bond donors (Lipinski definition) is 1. The Morgan fingerprint density at radius 2 is 1.64 bits per heavy atom. The number of halogens is 1. The minimum Gasteiger partial charge on any atom is -0.496 e. The first kappa shape index (κ1) is 19.8. The summed E-state index contributed by atoms with van der Waals surface area (Å²) >= 11 is 1.50. The van der Waals surface area contributed by atoms with Crippen LogP contribution in [0.4, 0.5) is 10.1 Å². The second-order valence-electron chi connectivity index (χ2n) is 5.90. The summed E-state index contributed by atoms with van der Waals surface area (Å²) in [6.07, 6.45) is 0. The normalized spacial score (nSPS) is 10.4. The summed E-state index contributed by atoms with van der Waals surface area (Å²) in [6.45, 7) is 0. The number of hydrogen-bond acceptors (Lipinski definition) is 4. The molecule has 0 unspecified atom stereocenters. The topological polar surface area (TPSA) is 47.6 Å². The Labute approximate surface area is 167 Å². The fourth-order valence-corrected chi connectivity index (χ4v) is 3.65. The second kappa shape index (κ2) is 9.28. The molecule has 1 N–H and O–H groups in total. The number of nitrogens with one attached hydrogen (secondary N) is 1.